The molecular formula is C30H38N2O7. The van der Waals surface area contributed by atoms with E-state index < -0.39 is 17.7 Å². The molecule has 39 heavy (non-hydrogen) atoms. The Bertz CT molecular complexity index is 1170. The summed E-state index contributed by atoms with van der Waals surface area (Å²) in [7, 11) is 1.54. The number of hydrogen-bond donors (Lipinski definition) is 1. The summed E-state index contributed by atoms with van der Waals surface area (Å²) >= 11 is 0. The molecule has 1 atom stereocenters. The fourth-order valence-corrected chi connectivity index (χ4v) is 4.86. The van der Waals surface area contributed by atoms with Gasteiger partial charge in [-0.3, -0.25) is 14.5 Å². The molecule has 2 fully saturated rings. The van der Waals surface area contributed by atoms with Gasteiger partial charge in [-0.15, -0.1) is 0 Å². The maximum Gasteiger partial charge on any atom is 0.295 e. The molecule has 210 valence electrons. The maximum atomic E-state index is 13.4. The molecule has 4 rings (SSSR count). The molecule has 9 heteroatoms. The number of carbonyl (C=O) groups excluding carboxylic acids is 2. The van der Waals surface area contributed by atoms with Crippen LogP contribution in [0.15, 0.2) is 48.0 Å². The third-order valence-electron chi connectivity index (χ3n) is 7.00. The van der Waals surface area contributed by atoms with Crippen LogP contribution in [0.2, 0.25) is 0 Å². The van der Waals surface area contributed by atoms with Gasteiger partial charge in [0, 0.05) is 31.7 Å². The molecule has 2 aliphatic rings. The number of amides is 1. The highest BCUT2D eigenvalue weighted by atomic mass is 16.5. The second kappa shape index (κ2) is 13.5. The van der Waals surface area contributed by atoms with Crippen LogP contribution in [0.5, 0.6) is 17.2 Å². The zero-order chi connectivity index (χ0) is 27.8. The summed E-state index contributed by atoms with van der Waals surface area (Å²) in [6, 6.07) is 11.5. The van der Waals surface area contributed by atoms with Crippen LogP contribution in [0, 0.1) is 0 Å². The minimum Gasteiger partial charge on any atom is -0.507 e. The number of hydrogen-bond acceptors (Lipinski definition) is 8. The number of nitrogens with zero attached hydrogens (tertiary/aromatic N) is 2. The molecule has 9 nitrogen and oxygen atoms in total. The number of ether oxygens (including phenoxy) is 4. The molecule has 1 N–H and O–H groups in total. The van der Waals surface area contributed by atoms with E-state index in [0.29, 0.717) is 67.9 Å². The van der Waals surface area contributed by atoms with Crippen LogP contribution in [0.1, 0.15) is 43.9 Å². The minimum absolute atomic E-state index is 0.0489. The Kier molecular flexibility index (Phi) is 9.84. The second-order valence-electron chi connectivity index (χ2n) is 9.52. The number of carbonyl (C=O) groups is 2. The number of rotatable bonds is 12. The van der Waals surface area contributed by atoms with Gasteiger partial charge < -0.3 is 29.0 Å². The summed E-state index contributed by atoms with van der Waals surface area (Å²) in [5.41, 5.74) is 1.14. The highest BCUT2D eigenvalue weighted by molar-refractivity contribution is 6.46. The van der Waals surface area contributed by atoms with Gasteiger partial charge in [0.25, 0.3) is 11.7 Å². The van der Waals surface area contributed by atoms with Gasteiger partial charge in [-0.1, -0.05) is 19.4 Å². The van der Waals surface area contributed by atoms with Crippen molar-refractivity contribution in [2.24, 2.45) is 0 Å². The first kappa shape index (κ1) is 28.4. The summed E-state index contributed by atoms with van der Waals surface area (Å²) in [4.78, 5) is 30.5. The van der Waals surface area contributed by atoms with Gasteiger partial charge >= 0.3 is 0 Å². The van der Waals surface area contributed by atoms with E-state index in [2.05, 4.69) is 11.8 Å². The quantitative estimate of drug-likeness (QED) is 0.187. The molecule has 2 saturated heterocycles. The smallest absolute Gasteiger partial charge is 0.295 e. The number of benzene rings is 2. The molecule has 0 saturated carbocycles. The van der Waals surface area contributed by atoms with Crippen LogP contribution in [-0.4, -0.2) is 86.3 Å². The third kappa shape index (κ3) is 6.54. The molecule has 1 unspecified atom stereocenters. The zero-order valence-corrected chi connectivity index (χ0v) is 23.0. The van der Waals surface area contributed by atoms with Crippen molar-refractivity contribution in [2.45, 2.75) is 32.7 Å². The average Bonchev–Trinajstić information content (AvgIpc) is 3.22. The van der Waals surface area contributed by atoms with Crippen LogP contribution < -0.4 is 14.2 Å². The summed E-state index contributed by atoms with van der Waals surface area (Å²) in [5.74, 6) is 0.158. The lowest BCUT2D eigenvalue weighted by Crippen LogP contribution is -2.42. The summed E-state index contributed by atoms with van der Waals surface area (Å²) in [6.45, 7) is 8.76. The van der Waals surface area contributed by atoms with Gasteiger partial charge in [0.1, 0.15) is 11.5 Å². The molecular weight excluding hydrogens is 500 g/mol. The predicted molar refractivity (Wildman–Crippen MR) is 147 cm³/mol. The Morgan fingerprint density at radius 1 is 1.00 bits per heavy atom. The van der Waals surface area contributed by atoms with Crippen LogP contribution >= 0.6 is 0 Å². The van der Waals surface area contributed by atoms with E-state index in [1.807, 2.05) is 13.0 Å². The third-order valence-corrected chi connectivity index (χ3v) is 7.00. The van der Waals surface area contributed by atoms with E-state index >= 15 is 0 Å². The van der Waals surface area contributed by atoms with E-state index in [1.165, 1.54) is 0 Å². The fourth-order valence-electron chi connectivity index (χ4n) is 4.86. The number of likely N-dealkylation sites (tertiary alicyclic amines) is 1. The maximum absolute atomic E-state index is 13.4. The second-order valence-corrected chi connectivity index (χ2v) is 9.52. The van der Waals surface area contributed by atoms with E-state index in [-0.39, 0.29) is 11.3 Å². The Morgan fingerprint density at radius 2 is 1.74 bits per heavy atom. The van der Waals surface area contributed by atoms with E-state index in [4.69, 9.17) is 18.9 Å². The van der Waals surface area contributed by atoms with Crippen molar-refractivity contribution in [2.75, 3.05) is 59.7 Å². The SMILES string of the molecule is CCCCOc1ccc(/C(O)=C2\C(=O)C(=O)N(CCN3CCOCC3)C2c2ccc(OCC)c(OC)c2)cc1. The van der Waals surface area contributed by atoms with Crippen molar-refractivity contribution in [3.63, 3.8) is 0 Å². The molecule has 0 bridgehead atoms. The topological polar surface area (TPSA) is 97.8 Å². The van der Waals surface area contributed by atoms with E-state index in [0.717, 1.165) is 25.9 Å². The number of morpholine rings is 1. The van der Waals surface area contributed by atoms with Gasteiger partial charge in [-0.05, 0) is 55.3 Å². The van der Waals surface area contributed by atoms with Crippen molar-refractivity contribution in [3.05, 3.63) is 59.2 Å². The molecule has 0 spiro atoms. The fraction of sp³-hybridized carbons (Fsp3) is 0.467. The van der Waals surface area contributed by atoms with Gasteiger partial charge in [0.15, 0.2) is 11.5 Å². The van der Waals surface area contributed by atoms with Crippen molar-refractivity contribution < 1.29 is 33.6 Å². The lowest BCUT2D eigenvalue weighted by molar-refractivity contribution is -0.140. The Labute approximate surface area is 229 Å². The number of unbranched alkanes of at least 4 members (excludes halogenated alkanes) is 1. The molecule has 2 heterocycles. The average molecular weight is 539 g/mol. The van der Waals surface area contributed by atoms with Crippen molar-refractivity contribution in [1.82, 2.24) is 9.80 Å². The van der Waals surface area contributed by atoms with Gasteiger partial charge in [-0.25, -0.2) is 0 Å². The van der Waals surface area contributed by atoms with Crippen molar-refractivity contribution in [3.8, 4) is 17.2 Å². The summed E-state index contributed by atoms with van der Waals surface area (Å²) in [6.07, 6.45) is 1.97. The normalized spacial score (nSPS) is 19.4. The predicted octanol–water partition coefficient (Wildman–Crippen LogP) is 4.03. The standard InChI is InChI=1S/C30H38N2O7/c1-4-6-17-39-23-10-7-21(8-11-23)28(33)26-27(22-9-12-24(38-5-2)25(20-22)36-3)32(30(35)29(26)34)14-13-31-15-18-37-19-16-31/h7-12,20,27,33H,4-6,13-19H2,1-3H3/b28-26+. The molecule has 2 aromatic rings. The zero-order valence-electron chi connectivity index (χ0n) is 23.0. The number of aliphatic hydroxyl groups excluding tert-OH is 1. The number of aliphatic hydroxyl groups is 1. The first-order valence-electron chi connectivity index (χ1n) is 13.6. The van der Waals surface area contributed by atoms with Crippen LogP contribution in [0.3, 0.4) is 0 Å². The molecule has 1 amide bonds. The summed E-state index contributed by atoms with van der Waals surface area (Å²) < 4.78 is 22.4. The monoisotopic (exact) mass is 538 g/mol. The Hall–Kier alpha value is -3.56. The largest absolute Gasteiger partial charge is 0.507 e. The molecule has 2 aromatic carbocycles. The summed E-state index contributed by atoms with van der Waals surface area (Å²) in [5, 5.41) is 11.4. The molecule has 2 aliphatic heterocycles. The number of methoxy groups -OCH3 is 1. The number of ketones is 1. The Morgan fingerprint density at radius 3 is 2.41 bits per heavy atom. The first-order valence-corrected chi connectivity index (χ1v) is 13.6. The van der Waals surface area contributed by atoms with Crippen molar-refractivity contribution >= 4 is 17.4 Å². The lowest BCUT2D eigenvalue weighted by Gasteiger charge is -2.31. The lowest BCUT2D eigenvalue weighted by atomic mass is 9.95. The van der Waals surface area contributed by atoms with Gasteiger partial charge in [0.2, 0.25) is 0 Å². The highest BCUT2D eigenvalue weighted by Gasteiger charge is 2.46. The molecule has 0 radical (unpaired) electrons. The van der Waals surface area contributed by atoms with Gasteiger partial charge in [0.05, 0.1) is 45.2 Å². The van der Waals surface area contributed by atoms with E-state index in [9.17, 15) is 14.7 Å². The van der Waals surface area contributed by atoms with Crippen LogP contribution in [0.4, 0.5) is 0 Å². The molecule has 0 aliphatic carbocycles. The minimum atomic E-state index is -0.781. The molecule has 0 aromatic heterocycles. The first-order chi connectivity index (χ1) is 19.0. The van der Waals surface area contributed by atoms with Crippen LogP contribution in [-0.2, 0) is 14.3 Å². The Balaban J connectivity index is 1.71. The van der Waals surface area contributed by atoms with Crippen molar-refractivity contribution in [1.29, 1.82) is 0 Å². The van der Waals surface area contributed by atoms with Gasteiger partial charge in [-0.2, -0.15) is 0 Å². The highest BCUT2D eigenvalue weighted by Crippen LogP contribution is 2.42. The van der Waals surface area contributed by atoms with E-state index in [1.54, 1.807) is 48.4 Å². The van der Waals surface area contributed by atoms with Crippen LogP contribution in [0.25, 0.3) is 5.76 Å². The number of Topliss-reactive ketones (excluding diaryl/α,β-unsaturated/α-hetero) is 1.